The van der Waals surface area contributed by atoms with E-state index in [1.54, 1.807) is 0 Å². The number of nitrogens with one attached hydrogen (secondary N) is 1. The zero-order valence-electron chi connectivity index (χ0n) is 11.7. The second kappa shape index (κ2) is 7.23. The van der Waals surface area contributed by atoms with Gasteiger partial charge in [-0.3, -0.25) is 4.90 Å². The van der Waals surface area contributed by atoms with Gasteiger partial charge in [-0.05, 0) is 17.7 Å². The van der Waals surface area contributed by atoms with Gasteiger partial charge in [0.05, 0.1) is 0 Å². The van der Waals surface area contributed by atoms with Gasteiger partial charge in [-0.25, -0.2) is 8.78 Å². The summed E-state index contributed by atoms with van der Waals surface area (Å²) in [5.74, 6) is -0.354. The highest BCUT2D eigenvalue weighted by Gasteiger charge is 2.31. The van der Waals surface area contributed by atoms with Crippen LogP contribution in [0.15, 0.2) is 24.3 Å². The number of nitrogens with zero attached hydrogens (tertiary/aromatic N) is 1. The largest absolute Gasteiger partial charge is 0.573 e. The van der Waals surface area contributed by atoms with Crippen LogP contribution in [0.1, 0.15) is 18.0 Å². The maximum Gasteiger partial charge on any atom is 0.573 e. The van der Waals surface area contributed by atoms with E-state index in [4.69, 9.17) is 0 Å². The molecule has 0 amide bonds. The third-order valence-corrected chi connectivity index (χ3v) is 3.49. The maximum absolute atomic E-state index is 12.8. The molecule has 0 bridgehead atoms. The van der Waals surface area contributed by atoms with Crippen LogP contribution < -0.4 is 10.1 Å². The van der Waals surface area contributed by atoms with E-state index in [0.717, 1.165) is 12.1 Å². The van der Waals surface area contributed by atoms with E-state index in [2.05, 4.69) is 10.1 Å². The van der Waals surface area contributed by atoms with E-state index in [-0.39, 0.29) is 12.2 Å². The molecule has 1 aromatic rings. The molecule has 1 aromatic carbocycles. The van der Waals surface area contributed by atoms with Gasteiger partial charge >= 0.3 is 6.36 Å². The molecule has 1 heterocycles. The molecule has 22 heavy (non-hydrogen) atoms. The van der Waals surface area contributed by atoms with Crippen LogP contribution in [-0.4, -0.2) is 43.9 Å². The Morgan fingerprint density at radius 1 is 1.09 bits per heavy atom. The first-order valence-electron chi connectivity index (χ1n) is 6.94. The third kappa shape index (κ3) is 5.10. The number of piperazine rings is 1. The Balaban J connectivity index is 2.12. The lowest BCUT2D eigenvalue weighted by Gasteiger charge is -2.35. The van der Waals surface area contributed by atoms with E-state index in [0.29, 0.717) is 31.7 Å². The molecule has 0 saturated carbocycles. The van der Waals surface area contributed by atoms with Gasteiger partial charge in [0.15, 0.2) is 0 Å². The fourth-order valence-corrected chi connectivity index (χ4v) is 2.55. The van der Waals surface area contributed by atoms with E-state index in [1.165, 1.54) is 12.1 Å². The molecule has 1 N–H and O–H groups in total. The summed E-state index contributed by atoms with van der Waals surface area (Å²) < 4.78 is 65.8. The van der Waals surface area contributed by atoms with Crippen molar-refractivity contribution in [2.24, 2.45) is 0 Å². The molecule has 1 fully saturated rings. The summed E-state index contributed by atoms with van der Waals surface area (Å²) in [7, 11) is 0. The molecule has 1 aliphatic heterocycles. The average Bonchev–Trinajstić information content (AvgIpc) is 2.45. The van der Waals surface area contributed by atoms with Crippen LogP contribution in [0.2, 0.25) is 0 Å². The third-order valence-electron chi connectivity index (χ3n) is 3.49. The molecule has 3 nitrogen and oxygen atoms in total. The van der Waals surface area contributed by atoms with E-state index < -0.39 is 18.8 Å². The van der Waals surface area contributed by atoms with Crippen molar-refractivity contribution in [1.82, 2.24) is 10.2 Å². The molecule has 0 radical (unpaired) electrons. The Morgan fingerprint density at radius 3 is 2.18 bits per heavy atom. The molecule has 0 spiro atoms. The molecular weight excluding hydrogens is 307 g/mol. The Kier molecular flexibility index (Phi) is 5.57. The zero-order chi connectivity index (χ0) is 16.2. The molecule has 1 saturated heterocycles. The Morgan fingerprint density at radius 2 is 1.68 bits per heavy atom. The summed E-state index contributed by atoms with van der Waals surface area (Å²) in [5, 5.41) is 3.14. The maximum atomic E-state index is 12.8. The summed E-state index contributed by atoms with van der Waals surface area (Å²) in [6, 6.07) is 4.63. The number of rotatable bonds is 5. The van der Waals surface area contributed by atoms with E-state index in [1.807, 2.05) is 4.90 Å². The number of hydrogen-bond acceptors (Lipinski definition) is 3. The van der Waals surface area contributed by atoms with Crippen molar-refractivity contribution >= 4 is 0 Å². The normalized spacial score (nSPS) is 18.5. The predicted molar refractivity (Wildman–Crippen MR) is 70.9 cm³/mol. The lowest BCUT2D eigenvalue weighted by Crippen LogP contribution is -2.45. The Labute approximate surface area is 125 Å². The van der Waals surface area contributed by atoms with Gasteiger partial charge in [0.25, 0.3) is 0 Å². The first-order chi connectivity index (χ1) is 10.3. The van der Waals surface area contributed by atoms with Crippen molar-refractivity contribution in [3.05, 3.63) is 29.8 Å². The molecule has 2 rings (SSSR count). The van der Waals surface area contributed by atoms with Crippen LogP contribution in [0, 0.1) is 0 Å². The van der Waals surface area contributed by atoms with Crippen molar-refractivity contribution in [2.75, 3.05) is 26.2 Å². The van der Waals surface area contributed by atoms with Gasteiger partial charge in [-0.2, -0.15) is 0 Å². The highest BCUT2D eigenvalue weighted by atomic mass is 19.4. The first-order valence-corrected chi connectivity index (χ1v) is 6.94. The minimum Gasteiger partial charge on any atom is -0.406 e. The van der Waals surface area contributed by atoms with Crippen LogP contribution in [0.25, 0.3) is 0 Å². The van der Waals surface area contributed by atoms with Crippen molar-refractivity contribution < 1.29 is 26.7 Å². The van der Waals surface area contributed by atoms with Crippen LogP contribution in [-0.2, 0) is 0 Å². The zero-order valence-corrected chi connectivity index (χ0v) is 11.7. The van der Waals surface area contributed by atoms with Gasteiger partial charge in [-0.15, -0.1) is 13.2 Å². The standard InChI is InChI=1S/C14H17F5N2O/c15-13(16)9-12(21-7-5-20-6-8-21)10-1-3-11(4-2-10)22-14(17,18)19/h1-4,12-13,20H,5-9H2/t12-/m1/s1. The topological polar surface area (TPSA) is 24.5 Å². The van der Waals surface area contributed by atoms with Crippen LogP contribution >= 0.6 is 0 Å². The summed E-state index contributed by atoms with van der Waals surface area (Å²) in [6.45, 7) is 2.65. The fourth-order valence-electron chi connectivity index (χ4n) is 2.55. The minimum absolute atomic E-state index is 0.348. The van der Waals surface area contributed by atoms with Crippen molar-refractivity contribution in [3.8, 4) is 5.75 Å². The van der Waals surface area contributed by atoms with Crippen LogP contribution in [0.5, 0.6) is 5.75 Å². The monoisotopic (exact) mass is 324 g/mol. The molecule has 0 unspecified atom stereocenters. The molecule has 0 aliphatic carbocycles. The molecular formula is C14H17F5N2O. The van der Waals surface area contributed by atoms with E-state index in [9.17, 15) is 22.0 Å². The van der Waals surface area contributed by atoms with Crippen molar-refractivity contribution in [1.29, 1.82) is 0 Å². The minimum atomic E-state index is -4.76. The quantitative estimate of drug-likeness (QED) is 0.842. The predicted octanol–water partition coefficient (Wildman–Crippen LogP) is 3.19. The van der Waals surface area contributed by atoms with E-state index >= 15 is 0 Å². The summed E-state index contributed by atoms with van der Waals surface area (Å²) in [4.78, 5) is 1.92. The first kappa shape index (κ1) is 17.0. The average molecular weight is 324 g/mol. The van der Waals surface area contributed by atoms with Crippen LogP contribution in [0.4, 0.5) is 22.0 Å². The van der Waals surface area contributed by atoms with Gasteiger partial charge in [0.2, 0.25) is 6.43 Å². The van der Waals surface area contributed by atoms with Crippen molar-refractivity contribution in [3.63, 3.8) is 0 Å². The van der Waals surface area contributed by atoms with Gasteiger partial charge in [-0.1, -0.05) is 12.1 Å². The summed E-state index contributed by atoms with van der Waals surface area (Å²) in [6.07, 6.45) is -7.59. The van der Waals surface area contributed by atoms with Gasteiger partial charge in [0, 0.05) is 38.6 Å². The highest BCUT2D eigenvalue weighted by molar-refractivity contribution is 5.29. The summed E-state index contributed by atoms with van der Waals surface area (Å²) >= 11 is 0. The second-order valence-electron chi connectivity index (χ2n) is 5.05. The number of halogens is 5. The number of hydrogen-bond donors (Lipinski definition) is 1. The smallest absolute Gasteiger partial charge is 0.406 e. The molecule has 124 valence electrons. The molecule has 8 heteroatoms. The number of ether oxygens (including phenoxy) is 1. The SMILES string of the molecule is FC(F)C[C@H](c1ccc(OC(F)(F)F)cc1)N1CCNCC1. The molecule has 1 aliphatic rings. The van der Waals surface area contributed by atoms with Gasteiger partial charge < -0.3 is 10.1 Å². The summed E-state index contributed by atoms with van der Waals surface area (Å²) in [5.41, 5.74) is 0.566. The number of benzene rings is 1. The second-order valence-corrected chi connectivity index (χ2v) is 5.05. The van der Waals surface area contributed by atoms with Crippen LogP contribution in [0.3, 0.4) is 0 Å². The Hall–Kier alpha value is -1.41. The Bertz CT molecular complexity index is 457. The highest BCUT2D eigenvalue weighted by Crippen LogP contribution is 2.30. The lowest BCUT2D eigenvalue weighted by atomic mass is 10.0. The lowest BCUT2D eigenvalue weighted by molar-refractivity contribution is -0.274. The molecule has 1 atom stereocenters. The molecule has 0 aromatic heterocycles. The fraction of sp³-hybridized carbons (Fsp3) is 0.571. The number of alkyl halides is 5. The van der Waals surface area contributed by atoms with Crippen molar-refractivity contribution in [2.45, 2.75) is 25.3 Å². The van der Waals surface area contributed by atoms with Gasteiger partial charge in [0.1, 0.15) is 5.75 Å².